The monoisotopic (exact) mass is 282 g/mol. The highest BCUT2D eigenvalue weighted by Crippen LogP contribution is 2.21. The van der Waals surface area contributed by atoms with Crippen LogP contribution in [0.4, 0.5) is 10.5 Å². The number of thioether (sulfide) groups is 1. The van der Waals surface area contributed by atoms with E-state index in [1.54, 1.807) is 18.8 Å². The number of aliphatic carboxylic acids is 1. The van der Waals surface area contributed by atoms with Crippen molar-refractivity contribution in [3.05, 3.63) is 24.3 Å². The molecule has 1 aromatic carbocycles. The van der Waals surface area contributed by atoms with Gasteiger partial charge in [0.25, 0.3) is 0 Å². The molecule has 2 N–H and O–H groups in total. The number of amides is 2. The van der Waals surface area contributed by atoms with Gasteiger partial charge in [0.15, 0.2) is 0 Å². The molecule has 0 fully saturated rings. The number of hydrogen-bond acceptors (Lipinski definition) is 3. The van der Waals surface area contributed by atoms with Crippen LogP contribution in [-0.2, 0) is 4.79 Å². The predicted octanol–water partition coefficient (Wildman–Crippen LogP) is 2.74. The standard InChI is InChI=1S/C13H18N2O3S/c1-3-19-11-6-4-5-10(9-11)14-13(18)15(2)8-7-12(16)17/h4-6,9H,3,7-8H2,1-2H3,(H,14,18)(H,16,17). The van der Waals surface area contributed by atoms with E-state index in [-0.39, 0.29) is 19.0 Å². The summed E-state index contributed by atoms with van der Waals surface area (Å²) in [6.07, 6.45) is -0.0599. The normalized spacial score (nSPS) is 10.0. The van der Waals surface area contributed by atoms with Crippen LogP contribution < -0.4 is 5.32 Å². The average Bonchev–Trinajstić information content (AvgIpc) is 2.36. The van der Waals surface area contributed by atoms with Crippen molar-refractivity contribution < 1.29 is 14.7 Å². The number of hydrogen-bond donors (Lipinski definition) is 2. The van der Waals surface area contributed by atoms with Crippen molar-refractivity contribution in [2.24, 2.45) is 0 Å². The van der Waals surface area contributed by atoms with Gasteiger partial charge in [-0.2, -0.15) is 0 Å². The van der Waals surface area contributed by atoms with Gasteiger partial charge < -0.3 is 15.3 Å². The van der Waals surface area contributed by atoms with Gasteiger partial charge in [0.1, 0.15) is 0 Å². The highest BCUT2D eigenvalue weighted by Gasteiger charge is 2.10. The van der Waals surface area contributed by atoms with E-state index in [0.717, 1.165) is 10.6 Å². The second kappa shape index (κ2) is 7.68. The molecule has 0 aromatic heterocycles. The Labute approximate surface area is 117 Å². The molecule has 2 amide bonds. The highest BCUT2D eigenvalue weighted by molar-refractivity contribution is 7.99. The van der Waals surface area contributed by atoms with Crippen LogP contribution in [0, 0.1) is 0 Å². The van der Waals surface area contributed by atoms with Crippen LogP contribution in [0.1, 0.15) is 13.3 Å². The summed E-state index contributed by atoms with van der Waals surface area (Å²) in [6, 6.07) is 7.27. The van der Waals surface area contributed by atoms with Crippen molar-refractivity contribution in [1.29, 1.82) is 0 Å². The van der Waals surface area contributed by atoms with Crippen molar-refractivity contribution in [2.45, 2.75) is 18.2 Å². The lowest BCUT2D eigenvalue weighted by molar-refractivity contribution is -0.137. The van der Waals surface area contributed by atoms with Gasteiger partial charge in [-0.3, -0.25) is 4.79 Å². The van der Waals surface area contributed by atoms with Crippen molar-refractivity contribution in [3.63, 3.8) is 0 Å². The van der Waals surface area contributed by atoms with Crippen LogP contribution in [0.2, 0.25) is 0 Å². The summed E-state index contributed by atoms with van der Waals surface area (Å²) in [5.74, 6) is 0.0524. The minimum atomic E-state index is -0.916. The Hall–Kier alpha value is -1.69. The number of nitrogens with zero attached hydrogens (tertiary/aromatic N) is 1. The maximum Gasteiger partial charge on any atom is 0.321 e. The van der Waals surface area contributed by atoms with Crippen LogP contribution in [0.15, 0.2) is 29.2 Å². The number of carboxylic acids is 1. The predicted molar refractivity (Wildman–Crippen MR) is 76.7 cm³/mol. The molecule has 0 bridgehead atoms. The third-order valence-corrected chi connectivity index (χ3v) is 3.28. The topological polar surface area (TPSA) is 69.6 Å². The van der Waals surface area contributed by atoms with Crippen LogP contribution in [-0.4, -0.2) is 41.4 Å². The first-order chi connectivity index (χ1) is 9.02. The maximum atomic E-state index is 11.8. The van der Waals surface area contributed by atoms with E-state index >= 15 is 0 Å². The molecule has 0 aliphatic rings. The average molecular weight is 282 g/mol. The Morgan fingerprint density at radius 1 is 1.42 bits per heavy atom. The number of nitrogens with one attached hydrogen (secondary N) is 1. The Morgan fingerprint density at radius 3 is 2.79 bits per heavy atom. The molecule has 0 aliphatic heterocycles. The van der Waals surface area contributed by atoms with Gasteiger partial charge in [-0.05, 0) is 24.0 Å². The van der Waals surface area contributed by atoms with Crippen LogP contribution in [0.25, 0.3) is 0 Å². The lowest BCUT2D eigenvalue weighted by Crippen LogP contribution is -2.33. The van der Waals surface area contributed by atoms with E-state index in [1.165, 1.54) is 4.90 Å². The zero-order valence-corrected chi connectivity index (χ0v) is 11.9. The van der Waals surface area contributed by atoms with Crippen LogP contribution in [0.5, 0.6) is 0 Å². The van der Waals surface area contributed by atoms with E-state index in [9.17, 15) is 9.59 Å². The number of urea groups is 1. The number of benzene rings is 1. The molecular weight excluding hydrogens is 264 g/mol. The Balaban J connectivity index is 2.55. The molecule has 104 valence electrons. The van der Waals surface area contributed by atoms with Crippen LogP contribution >= 0.6 is 11.8 Å². The van der Waals surface area contributed by atoms with Crippen molar-refractivity contribution in [3.8, 4) is 0 Å². The van der Waals surface area contributed by atoms with Gasteiger partial charge in [-0.15, -0.1) is 11.8 Å². The number of carbonyl (C=O) groups is 2. The fourth-order valence-corrected chi connectivity index (χ4v) is 2.13. The zero-order chi connectivity index (χ0) is 14.3. The fourth-order valence-electron chi connectivity index (χ4n) is 1.41. The number of anilines is 1. The molecule has 5 nitrogen and oxygen atoms in total. The molecule has 0 saturated heterocycles. The van der Waals surface area contributed by atoms with E-state index in [2.05, 4.69) is 12.2 Å². The minimum absolute atomic E-state index is 0.0599. The lowest BCUT2D eigenvalue weighted by atomic mass is 10.3. The molecular formula is C13H18N2O3S. The van der Waals surface area contributed by atoms with Gasteiger partial charge in [0, 0.05) is 24.2 Å². The van der Waals surface area contributed by atoms with Crippen molar-refractivity contribution in [1.82, 2.24) is 4.90 Å². The molecule has 0 spiro atoms. The van der Waals surface area contributed by atoms with Gasteiger partial charge in [-0.25, -0.2) is 4.79 Å². The highest BCUT2D eigenvalue weighted by atomic mass is 32.2. The first-order valence-corrected chi connectivity index (χ1v) is 6.98. The molecule has 0 radical (unpaired) electrons. The quantitative estimate of drug-likeness (QED) is 0.787. The SMILES string of the molecule is CCSc1cccc(NC(=O)N(C)CCC(=O)O)c1. The fraction of sp³-hybridized carbons (Fsp3) is 0.385. The van der Waals surface area contributed by atoms with Crippen molar-refractivity contribution >= 4 is 29.4 Å². The minimum Gasteiger partial charge on any atom is -0.481 e. The third-order valence-electron chi connectivity index (χ3n) is 2.40. The molecule has 1 aromatic rings. The van der Waals surface area contributed by atoms with E-state index in [1.807, 2.05) is 24.3 Å². The molecule has 0 heterocycles. The second-order valence-corrected chi connectivity index (χ2v) is 5.29. The summed E-state index contributed by atoms with van der Waals surface area (Å²) in [4.78, 5) is 24.7. The van der Waals surface area contributed by atoms with Crippen molar-refractivity contribution in [2.75, 3.05) is 24.7 Å². The maximum absolute atomic E-state index is 11.8. The van der Waals surface area contributed by atoms with E-state index < -0.39 is 5.97 Å². The summed E-state index contributed by atoms with van der Waals surface area (Å²) in [5, 5.41) is 11.3. The molecule has 0 aliphatic carbocycles. The molecule has 1 rings (SSSR count). The Bertz CT molecular complexity index is 451. The third kappa shape index (κ3) is 5.65. The number of rotatable bonds is 6. The Kier molecular flexibility index (Phi) is 6.21. The lowest BCUT2D eigenvalue weighted by Gasteiger charge is -2.17. The smallest absolute Gasteiger partial charge is 0.321 e. The molecule has 0 saturated carbocycles. The van der Waals surface area contributed by atoms with Gasteiger partial charge in [0.2, 0.25) is 0 Å². The molecule has 0 unspecified atom stereocenters. The second-order valence-electron chi connectivity index (χ2n) is 3.96. The number of carbonyl (C=O) groups excluding carboxylic acids is 1. The summed E-state index contributed by atoms with van der Waals surface area (Å²) in [7, 11) is 1.57. The Morgan fingerprint density at radius 2 is 2.16 bits per heavy atom. The molecule has 6 heteroatoms. The first kappa shape index (κ1) is 15.4. The largest absolute Gasteiger partial charge is 0.481 e. The van der Waals surface area contributed by atoms with Crippen LogP contribution in [0.3, 0.4) is 0 Å². The molecule has 19 heavy (non-hydrogen) atoms. The summed E-state index contributed by atoms with van der Waals surface area (Å²) in [6.45, 7) is 2.25. The van der Waals surface area contributed by atoms with Gasteiger partial charge in [-0.1, -0.05) is 13.0 Å². The van der Waals surface area contributed by atoms with Gasteiger partial charge in [0.05, 0.1) is 6.42 Å². The molecule has 0 atom stereocenters. The van der Waals surface area contributed by atoms with E-state index in [0.29, 0.717) is 5.69 Å². The summed E-state index contributed by atoms with van der Waals surface area (Å²) in [5.41, 5.74) is 0.714. The van der Waals surface area contributed by atoms with Gasteiger partial charge >= 0.3 is 12.0 Å². The first-order valence-electron chi connectivity index (χ1n) is 5.99. The van der Waals surface area contributed by atoms with E-state index in [4.69, 9.17) is 5.11 Å². The summed E-state index contributed by atoms with van der Waals surface area (Å²) < 4.78 is 0. The number of carboxylic acid groups (broad SMARTS) is 1. The zero-order valence-electron chi connectivity index (χ0n) is 11.0. The summed E-state index contributed by atoms with van der Waals surface area (Å²) >= 11 is 1.70.